The molecular weight excluding hydrogens is 196 g/mol. The molecule has 7 aliphatic carbocycles. The van der Waals surface area contributed by atoms with E-state index in [2.05, 4.69) is 6.92 Å². The van der Waals surface area contributed by atoms with E-state index in [-0.39, 0.29) is 0 Å². The quantitative estimate of drug-likeness (QED) is 0.608. The first-order valence-corrected chi connectivity index (χ1v) is 7.29. The molecule has 1 heteroatoms. The highest BCUT2D eigenvalue weighted by atomic mass is 16.1. The Morgan fingerprint density at radius 1 is 0.938 bits per heavy atom. The van der Waals surface area contributed by atoms with Crippen molar-refractivity contribution in [3.05, 3.63) is 0 Å². The molecule has 0 saturated heterocycles. The Balaban J connectivity index is 1.72. The molecule has 7 fully saturated rings. The van der Waals surface area contributed by atoms with Gasteiger partial charge in [0, 0.05) is 11.8 Å². The van der Waals surface area contributed by atoms with Crippen LogP contribution in [0.15, 0.2) is 0 Å². The van der Waals surface area contributed by atoms with Crippen LogP contribution in [0.3, 0.4) is 0 Å². The van der Waals surface area contributed by atoms with Crippen molar-refractivity contribution < 1.29 is 4.79 Å². The number of ketones is 1. The molecule has 0 radical (unpaired) electrons. The lowest BCUT2D eigenvalue weighted by molar-refractivity contribution is -0.217. The van der Waals surface area contributed by atoms with Gasteiger partial charge in [0.25, 0.3) is 0 Å². The maximum Gasteiger partial charge on any atom is 0.139 e. The molecule has 7 rings (SSSR count). The smallest absolute Gasteiger partial charge is 0.139 e. The summed E-state index contributed by atoms with van der Waals surface area (Å²) >= 11 is 0. The van der Waals surface area contributed by atoms with Gasteiger partial charge in [0.05, 0.1) is 0 Å². The second kappa shape index (κ2) is 2.42. The first-order chi connectivity index (χ1) is 7.75. The summed E-state index contributed by atoms with van der Waals surface area (Å²) in [4.78, 5) is 12.5. The average Bonchev–Trinajstić information content (AvgIpc) is 2.26. The molecule has 7 saturated carbocycles. The summed E-state index contributed by atoms with van der Waals surface area (Å²) in [5.74, 6) is 8.12. The van der Waals surface area contributed by atoms with E-state index >= 15 is 0 Å². The van der Waals surface area contributed by atoms with Crippen molar-refractivity contribution in [3.63, 3.8) is 0 Å². The van der Waals surface area contributed by atoms with Gasteiger partial charge in [0.15, 0.2) is 0 Å². The van der Waals surface area contributed by atoms with Crippen LogP contribution >= 0.6 is 0 Å². The highest BCUT2D eigenvalue weighted by Gasteiger charge is 2.68. The molecule has 0 amide bonds. The van der Waals surface area contributed by atoms with Gasteiger partial charge in [-0.2, -0.15) is 0 Å². The molecule has 1 nitrogen and oxygen atoms in total. The minimum Gasteiger partial charge on any atom is -0.299 e. The van der Waals surface area contributed by atoms with Crippen LogP contribution < -0.4 is 0 Å². The molecule has 0 spiro atoms. The lowest BCUT2D eigenvalue weighted by atomic mass is 9.33. The number of rotatable bonds is 0. The molecule has 86 valence electrons. The van der Waals surface area contributed by atoms with Crippen molar-refractivity contribution in [2.75, 3.05) is 0 Å². The molecule has 9 unspecified atom stereocenters. The van der Waals surface area contributed by atoms with Crippen molar-refractivity contribution in [1.29, 1.82) is 0 Å². The van der Waals surface area contributed by atoms with E-state index in [0.717, 1.165) is 41.4 Å². The predicted molar refractivity (Wildman–Crippen MR) is 60.6 cm³/mol. The van der Waals surface area contributed by atoms with E-state index in [4.69, 9.17) is 0 Å². The fraction of sp³-hybridized carbons (Fsp3) is 0.933. The van der Waals surface area contributed by atoms with Gasteiger partial charge in [-0.25, -0.2) is 0 Å². The summed E-state index contributed by atoms with van der Waals surface area (Å²) in [5.41, 5.74) is 0. The van der Waals surface area contributed by atoms with Crippen LogP contribution in [-0.2, 0) is 4.79 Å². The number of hydrogen-bond acceptors (Lipinski definition) is 1. The molecule has 0 aromatic carbocycles. The highest BCUT2D eigenvalue weighted by Crippen LogP contribution is 2.71. The van der Waals surface area contributed by atoms with Crippen LogP contribution in [0.1, 0.15) is 32.6 Å². The van der Waals surface area contributed by atoms with Gasteiger partial charge in [-0.15, -0.1) is 0 Å². The monoisotopic (exact) mass is 216 g/mol. The molecule has 8 bridgehead atoms. The Morgan fingerprint density at radius 3 is 2.56 bits per heavy atom. The number of carbonyl (C=O) groups is 1. The Morgan fingerprint density at radius 2 is 1.69 bits per heavy atom. The third-order valence-corrected chi connectivity index (χ3v) is 7.29. The van der Waals surface area contributed by atoms with Crippen LogP contribution in [0.2, 0.25) is 0 Å². The zero-order valence-electron chi connectivity index (χ0n) is 9.93. The summed E-state index contributed by atoms with van der Waals surface area (Å²) in [7, 11) is 0. The summed E-state index contributed by atoms with van der Waals surface area (Å²) < 4.78 is 0. The zero-order chi connectivity index (χ0) is 10.6. The van der Waals surface area contributed by atoms with E-state index in [1.807, 2.05) is 0 Å². The molecule has 0 aromatic heterocycles. The third kappa shape index (κ3) is 0.708. The fourth-order valence-corrected chi connectivity index (χ4v) is 7.09. The second-order valence-electron chi connectivity index (χ2n) is 7.44. The van der Waals surface area contributed by atoms with E-state index in [1.54, 1.807) is 0 Å². The van der Waals surface area contributed by atoms with Gasteiger partial charge in [-0.05, 0) is 67.1 Å². The predicted octanol–water partition coefficient (Wildman–Crippen LogP) is 2.75. The van der Waals surface area contributed by atoms with Crippen LogP contribution in [0.25, 0.3) is 0 Å². The maximum atomic E-state index is 12.5. The lowest BCUT2D eigenvalue weighted by Gasteiger charge is -2.70. The Bertz CT molecular complexity index is 387. The molecule has 9 atom stereocenters. The van der Waals surface area contributed by atoms with Crippen molar-refractivity contribution in [2.45, 2.75) is 32.6 Å². The Kier molecular flexibility index (Phi) is 1.32. The standard InChI is InChI=1S/C15H20O/c1-6-8-5-9-10-2-7-3-11(9)14(15(8)16)12(4-7)13(6)10/h6-14H,2-5H2,1H3. The minimum atomic E-state index is 0.485. The van der Waals surface area contributed by atoms with Gasteiger partial charge < -0.3 is 0 Å². The Labute approximate surface area is 97.0 Å². The first-order valence-electron chi connectivity index (χ1n) is 7.29. The topological polar surface area (TPSA) is 17.1 Å². The van der Waals surface area contributed by atoms with E-state index in [9.17, 15) is 4.79 Å². The molecule has 0 N–H and O–H groups in total. The van der Waals surface area contributed by atoms with Crippen LogP contribution in [0.4, 0.5) is 0 Å². The highest BCUT2D eigenvalue weighted by molar-refractivity contribution is 5.87. The summed E-state index contributed by atoms with van der Waals surface area (Å²) in [6.45, 7) is 2.39. The maximum absolute atomic E-state index is 12.5. The van der Waals surface area contributed by atoms with Crippen molar-refractivity contribution in [3.8, 4) is 0 Å². The number of hydrogen-bond donors (Lipinski definition) is 0. The molecule has 0 heterocycles. The second-order valence-corrected chi connectivity index (χ2v) is 7.44. The molecule has 0 aliphatic heterocycles. The Hall–Kier alpha value is -0.330. The van der Waals surface area contributed by atoms with Crippen LogP contribution in [-0.4, -0.2) is 5.78 Å². The van der Waals surface area contributed by atoms with Gasteiger partial charge in [0.2, 0.25) is 0 Å². The van der Waals surface area contributed by atoms with Gasteiger partial charge >= 0.3 is 0 Å². The lowest BCUT2D eigenvalue weighted by Crippen LogP contribution is -2.68. The first kappa shape index (κ1) is 8.72. The SMILES string of the molecule is CC1C2CC3C4CC5CC3C1C(C5)C4C2=O. The number of Topliss-reactive ketones (excluding diaryl/α,β-unsaturated/α-hetero) is 1. The summed E-state index contributed by atoms with van der Waals surface area (Å²) in [5, 5.41) is 0. The average molecular weight is 216 g/mol. The largest absolute Gasteiger partial charge is 0.299 e. The number of carbonyl (C=O) groups excluding carboxylic acids is 1. The summed E-state index contributed by atoms with van der Waals surface area (Å²) in [6.07, 6.45) is 5.64. The molecule has 0 aromatic rings. The normalized spacial score (nSPS) is 69.3. The van der Waals surface area contributed by atoms with Gasteiger partial charge in [-0.1, -0.05) is 6.92 Å². The minimum absolute atomic E-state index is 0.485. The third-order valence-electron chi connectivity index (χ3n) is 7.29. The summed E-state index contributed by atoms with van der Waals surface area (Å²) in [6, 6.07) is 0. The van der Waals surface area contributed by atoms with E-state index in [1.165, 1.54) is 25.7 Å². The van der Waals surface area contributed by atoms with Gasteiger partial charge in [-0.3, -0.25) is 4.79 Å². The fourth-order valence-electron chi connectivity index (χ4n) is 7.09. The van der Waals surface area contributed by atoms with Crippen LogP contribution in [0.5, 0.6) is 0 Å². The zero-order valence-corrected chi connectivity index (χ0v) is 9.93. The van der Waals surface area contributed by atoms with Crippen molar-refractivity contribution >= 4 is 5.78 Å². The van der Waals surface area contributed by atoms with Crippen LogP contribution in [0, 0.1) is 53.3 Å². The van der Waals surface area contributed by atoms with E-state index < -0.39 is 0 Å². The molecular formula is C15H20O. The molecule has 16 heavy (non-hydrogen) atoms. The molecule has 7 aliphatic rings. The van der Waals surface area contributed by atoms with E-state index in [0.29, 0.717) is 17.6 Å². The van der Waals surface area contributed by atoms with Crippen molar-refractivity contribution in [1.82, 2.24) is 0 Å². The van der Waals surface area contributed by atoms with Crippen molar-refractivity contribution in [2.24, 2.45) is 53.3 Å². The van der Waals surface area contributed by atoms with Gasteiger partial charge in [0.1, 0.15) is 5.78 Å².